The van der Waals surface area contributed by atoms with Crippen LogP contribution >= 0.6 is 0 Å². The number of hydrogen-bond acceptors (Lipinski definition) is 4. The van der Waals surface area contributed by atoms with Crippen LogP contribution in [0.4, 0.5) is 34.1 Å². The van der Waals surface area contributed by atoms with Gasteiger partial charge in [0.1, 0.15) is 5.58 Å². The van der Waals surface area contributed by atoms with Crippen molar-refractivity contribution in [3.05, 3.63) is 192 Å². The van der Waals surface area contributed by atoms with E-state index in [9.17, 15) is 0 Å². The Hall–Kier alpha value is -6.10. The van der Waals surface area contributed by atoms with Crippen LogP contribution in [-0.4, -0.2) is 13.3 Å². The van der Waals surface area contributed by atoms with E-state index in [1.165, 1.54) is 116 Å². The van der Waals surface area contributed by atoms with Crippen LogP contribution in [0.15, 0.2) is 179 Å². The van der Waals surface area contributed by atoms with E-state index in [2.05, 4.69) is 207 Å². The van der Waals surface area contributed by atoms with Gasteiger partial charge in [-0.1, -0.05) is 87.7 Å². The molecule has 14 rings (SSSR count). The molecular weight excluding hydrogens is 1130 g/mol. The molecule has 12 aromatic rings. The number of para-hydroxylation sites is 6. The molecule has 0 bridgehead atoms. The molecule has 0 amide bonds. The second-order valence-corrected chi connectivity index (χ2v) is 27.8. The van der Waals surface area contributed by atoms with Crippen molar-refractivity contribution in [3.8, 4) is 0 Å². The van der Waals surface area contributed by atoms with Crippen LogP contribution in [0, 0.1) is 0 Å². The minimum atomic E-state index is 0.111. The van der Waals surface area contributed by atoms with Crippen LogP contribution in [0.3, 0.4) is 0 Å². The summed E-state index contributed by atoms with van der Waals surface area (Å²) in [5.74, 6) is 1.05. The third kappa shape index (κ3) is 7.54. The second-order valence-electron chi connectivity index (χ2n) is 21.3. The summed E-state index contributed by atoms with van der Waals surface area (Å²) in [4.78, 5) is 5.00. The summed E-state index contributed by atoms with van der Waals surface area (Å²) < 4.78 is 19.6. The number of benzene rings is 10. The summed E-state index contributed by atoms with van der Waals surface area (Å²) in [6.45, 7) is 9.43. The van der Waals surface area contributed by atoms with Gasteiger partial charge in [-0.25, -0.2) is 0 Å². The number of furan rings is 2. The molecule has 1 saturated carbocycles. The first-order valence-corrected chi connectivity index (χ1v) is 32.7. The van der Waals surface area contributed by atoms with Gasteiger partial charge in [0.25, 0.3) is 0 Å². The molecule has 2 aliphatic rings. The molecule has 2 aromatic heterocycles. The Morgan fingerprint density at radius 2 is 0.878 bits per heavy atom. The van der Waals surface area contributed by atoms with Crippen LogP contribution in [0.1, 0.15) is 104 Å². The van der Waals surface area contributed by atoms with E-state index in [1.54, 1.807) is 0 Å². The van der Waals surface area contributed by atoms with Crippen molar-refractivity contribution >= 4 is 110 Å². The first kappa shape index (κ1) is 46.4. The number of anilines is 6. The van der Waals surface area contributed by atoms with E-state index in [-0.39, 0.29) is 54.2 Å². The van der Waals surface area contributed by atoms with Crippen molar-refractivity contribution in [2.75, 3.05) is 23.1 Å². The molecule has 0 radical (unpaired) electrons. The standard InChI is InChI=1S/C68H60I2N2O2/c1-41(2)56-38-61(71(44-20-10-6-11-21-44)59-30-16-27-51-49-25-14-24-46(65(49)73-67(51)59)43-18-8-5-9-19-43)54-34-32-48-57(42(3)4)39-62(55-35-33-47(56)63(54)64(48)55)72(45-22-12-7-13-23-45)60-31-17-28-52-50-26-15-29-53(66(50)74-68(52)60)58-40-69-36-37-70-58/h6-7,10-17,20-35,38-39,41-43,58H,5,8-9,18-19,36-37,40H2,1-4H3/q-2. The van der Waals surface area contributed by atoms with Crippen molar-refractivity contribution in [1.29, 1.82) is 0 Å². The quantitative estimate of drug-likeness (QED) is 0.0776. The van der Waals surface area contributed by atoms with Crippen LogP contribution in [0.25, 0.3) is 76.2 Å². The predicted molar refractivity (Wildman–Crippen MR) is 305 cm³/mol. The minimum absolute atomic E-state index is 0.111. The topological polar surface area (TPSA) is 32.8 Å². The first-order chi connectivity index (χ1) is 36.4. The van der Waals surface area contributed by atoms with E-state index < -0.39 is 0 Å². The summed E-state index contributed by atoms with van der Waals surface area (Å²) in [6, 6.07) is 64.0. The fourth-order valence-corrected chi connectivity index (χ4v) is 23.5. The van der Waals surface area contributed by atoms with Crippen LogP contribution in [-0.2, 0) is 0 Å². The molecule has 4 nitrogen and oxygen atoms in total. The Bertz CT molecular complexity index is 3800. The SMILES string of the molecule is CC(C)c1cc(N(c2ccccc2)c2cccc3c2oc2c(C4CCCCC4)cccc23)c2ccc3c(C(C)C)cc(N(c4ccccc4)c4cccc5c4oc4c(C6C[I-]CC[I-]6)cccc45)c4ccc1c2c34. The van der Waals surface area contributed by atoms with Crippen LogP contribution in [0.2, 0.25) is 0 Å². The molecule has 1 aliphatic heterocycles. The Kier molecular flexibility index (Phi) is 11.9. The third-order valence-corrected chi connectivity index (χ3v) is 26.2. The number of rotatable bonds is 10. The van der Waals surface area contributed by atoms with Gasteiger partial charge in [-0.05, 0) is 60.1 Å². The Labute approximate surface area is 454 Å². The molecule has 74 heavy (non-hydrogen) atoms. The fraction of sp³-hybridized carbons (Fsp3) is 0.235. The summed E-state index contributed by atoms with van der Waals surface area (Å²) in [7, 11) is 0. The molecule has 1 unspecified atom stereocenters. The molecule has 6 heteroatoms. The molecule has 1 atom stereocenters. The van der Waals surface area contributed by atoms with Crippen molar-refractivity contribution in [3.63, 3.8) is 0 Å². The van der Waals surface area contributed by atoms with Gasteiger partial charge in [0.05, 0.1) is 11.4 Å². The van der Waals surface area contributed by atoms with Gasteiger partial charge in [-0.15, -0.1) is 0 Å². The Morgan fingerprint density at radius 1 is 0.419 bits per heavy atom. The zero-order chi connectivity index (χ0) is 49.6. The first-order valence-electron chi connectivity index (χ1n) is 26.9. The van der Waals surface area contributed by atoms with Crippen molar-refractivity contribution in [2.45, 2.75) is 81.5 Å². The normalized spacial score (nSPS) is 16.1. The van der Waals surface area contributed by atoms with Crippen LogP contribution in [0.5, 0.6) is 0 Å². The van der Waals surface area contributed by atoms with Crippen LogP contribution < -0.4 is 52.2 Å². The summed E-state index contributed by atoms with van der Waals surface area (Å²) >= 11 is 0.374. The second kappa shape index (κ2) is 18.9. The van der Waals surface area contributed by atoms with Crippen molar-refractivity contribution in [2.24, 2.45) is 0 Å². The van der Waals surface area contributed by atoms with E-state index in [0.717, 1.165) is 61.8 Å². The molecule has 3 heterocycles. The third-order valence-electron chi connectivity index (χ3n) is 16.4. The molecule has 370 valence electrons. The van der Waals surface area contributed by atoms with Gasteiger partial charge in [-0.2, -0.15) is 0 Å². The fourth-order valence-electron chi connectivity index (χ4n) is 12.9. The number of halogens is 2. The van der Waals surface area contributed by atoms with Crippen molar-refractivity contribution in [1.82, 2.24) is 0 Å². The van der Waals surface area contributed by atoms with Gasteiger partial charge in [0, 0.05) is 16.5 Å². The molecule has 10 aromatic carbocycles. The molecular formula is C68H60I2N2O2-2. The molecule has 0 spiro atoms. The molecule has 2 fully saturated rings. The average Bonchev–Trinajstić information content (AvgIpc) is 4.04. The average molecular weight is 1190 g/mol. The Morgan fingerprint density at radius 3 is 1.36 bits per heavy atom. The predicted octanol–water partition coefficient (Wildman–Crippen LogP) is 13.8. The maximum atomic E-state index is 7.32. The number of hydrogen-bond donors (Lipinski definition) is 0. The van der Waals surface area contributed by atoms with E-state index in [1.807, 2.05) is 0 Å². The maximum absolute atomic E-state index is 7.32. The molecule has 1 saturated heterocycles. The number of alkyl halides is 4. The number of nitrogens with zero attached hydrogens (tertiary/aromatic N) is 2. The number of fused-ring (bicyclic) bond motifs is 6. The van der Waals surface area contributed by atoms with Gasteiger partial charge in [0.2, 0.25) is 0 Å². The van der Waals surface area contributed by atoms with Gasteiger partial charge < -0.3 is 9.32 Å². The monoisotopic (exact) mass is 1190 g/mol. The van der Waals surface area contributed by atoms with Crippen molar-refractivity contribution < 1.29 is 51.2 Å². The van der Waals surface area contributed by atoms with Gasteiger partial charge >= 0.3 is 262 Å². The van der Waals surface area contributed by atoms with Gasteiger partial charge in [0.15, 0.2) is 5.58 Å². The van der Waals surface area contributed by atoms with Gasteiger partial charge in [-0.3, -0.25) is 0 Å². The Balaban J connectivity index is 1.04. The molecule has 0 N–H and O–H groups in total. The summed E-state index contributed by atoms with van der Waals surface area (Å²) in [5, 5.41) is 12.5. The van der Waals surface area contributed by atoms with E-state index >= 15 is 0 Å². The zero-order valence-corrected chi connectivity index (χ0v) is 46.9. The summed E-state index contributed by atoms with van der Waals surface area (Å²) in [5.41, 5.74) is 16.2. The molecule has 1 aliphatic carbocycles. The zero-order valence-electron chi connectivity index (χ0n) is 42.6. The summed E-state index contributed by atoms with van der Waals surface area (Å²) in [6.07, 6.45) is 6.34. The van der Waals surface area contributed by atoms with E-state index in [4.69, 9.17) is 8.83 Å². The van der Waals surface area contributed by atoms with E-state index in [0.29, 0.717) is 9.84 Å².